The molecule has 0 saturated heterocycles. The van der Waals surface area contributed by atoms with Crippen LogP contribution in [-0.4, -0.2) is 24.0 Å². The molecule has 0 heterocycles. The summed E-state index contributed by atoms with van der Waals surface area (Å²) in [6, 6.07) is 5.55. The lowest BCUT2D eigenvalue weighted by atomic mass is 10.0. The third-order valence-corrected chi connectivity index (χ3v) is 2.70. The van der Waals surface area contributed by atoms with Crippen molar-refractivity contribution in [2.75, 3.05) is 0 Å². The van der Waals surface area contributed by atoms with Crippen LogP contribution in [0.25, 0.3) is 0 Å². The molecule has 1 atom stereocenters. The quantitative estimate of drug-likeness (QED) is 0.841. The van der Waals surface area contributed by atoms with Crippen LogP contribution in [0.3, 0.4) is 0 Å². The second-order valence-electron chi connectivity index (χ2n) is 5.21. The molecule has 5 nitrogen and oxygen atoms in total. The van der Waals surface area contributed by atoms with Crippen molar-refractivity contribution in [2.45, 2.75) is 39.8 Å². The summed E-state index contributed by atoms with van der Waals surface area (Å²) >= 11 is 0. The fourth-order valence-corrected chi connectivity index (χ4v) is 1.68. The third-order valence-electron chi connectivity index (χ3n) is 2.70. The second kappa shape index (κ2) is 6.93. The number of amides is 1. The minimum Gasteiger partial charge on any atom is -0.548 e. The summed E-state index contributed by atoms with van der Waals surface area (Å²) < 4.78 is 5.47. The Kier molecular flexibility index (Phi) is 5.55. The van der Waals surface area contributed by atoms with Gasteiger partial charge >= 0.3 is 0 Å². The first-order valence-corrected chi connectivity index (χ1v) is 6.59. The van der Waals surface area contributed by atoms with Gasteiger partial charge in [-0.05, 0) is 44.0 Å². The standard InChI is InChI=1S/C15H21NO4/c1-9(2)13(15(18)19)16-14(17)11-5-7-12(8-6-11)20-10(3)4/h5-10,13H,1-4H3,(H,16,17)(H,18,19)/p-1. The fourth-order valence-electron chi connectivity index (χ4n) is 1.68. The Hall–Kier alpha value is -2.04. The molecule has 1 aromatic carbocycles. The van der Waals surface area contributed by atoms with E-state index in [0.29, 0.717) is 11.3 Å². The molecule has 0 bridgehead atoms. The zero-order chi connectivity index (χ0) is 15.3. The van der Waals surface area contributed by atoms with Gasteiger partial charge in [-0.2, -0.15) is 0 Å². The van der Waals surface area contributed by atoms with Gasteiger partial charge in [-0.3, -0.25) is 4.79 Å². The molecule has 0 aliphatic carbocycles. The lowest BCUT2D eigenvalue weighted by Gasteiger charge is -2.23. The number of hydrogen-bond acceptors (Lipinski definition) is 4. The molecule has 0 aromatic heterocycles. The molecule has 0 fully saturated rings. The van der Waals surface area contributed by atoms with Gasteiger partial charge < -0.3 is 20.0 Å². The van der Waals surface area contributed by atoms with E-state index in [2.05, 4.69) is 5.32 Å². The predicted molar refractivity (Wildman–Crippen MR) is 73.3 cm³/mol. The van der Waals surface area contributed by atoms with Crippen molar-refractivity contribution in [3.05, 3.63) is 29.8 Å². The van der Waals surface area contributed by atoms with E-state index >= 15 is 0 Å². The molecule has 1 amide bonds. The van der Waals surface area contributed by atoms with Crippen LogP contribution in [0.4, 0.5) is 0 Å². The second-order valence-corrected chi connectivity index (χ2v) is 5.21. The maximum atomic E-state index is 12.0. The van der Waals surface area contributed by atoms with Gasteiger partial charge in [-0.15, -0.1) is 0 Å². The van der Waals surface area contributed by atoms with Gasteiger partial charge in [-0.1, -0.05) is 13.8 Å². The number of carbonyl (C=O) groups excluding carboxylic acids is 2. The number of aliphatic carboxylic acids is 1. The molecule has 1 rings (SSSR count). The van der Waals surface area contributed by atoms with Gasteiger partial charge in [0.25, 0.3) is 5.91 Å². The van der Waals surface area contributed by atoms with E-state index in [1.165, 1.54) is 0 Å². The van der Waals surface area contributed by atoms with Gasteiger partial charge in [0.15, 0.2) is 0 Å². The van der Waals surface area contributed by atoms with Crippen LogP contribution in [0.15, 0.2) is 24.3 Å². The Morgan fingerprint density at radius 1 is 1.10 bits per heavy atom. The lowest BCUT2D eigenvalue weighted by molar-refractivity contribution is -0.309. The zero-order valence-electron chi connectivity index (χ0n) is 12.2. The van der Waals surface area contributed by atoms with Gasteiger partial charge in [-0.25, -0.2) is 0 Å². The van der Waals surface area contributed by atoms with Crippen LogP contribution in [0.5, 0.6) is 5.75 Å². The first-order valence-electron chi connectivity index (χ1n) is 6.59. The highest BCUT2D eigenvalue weighted by Crippen LogP contribution is 2.14. The van der Waals surface area contributed by atoms with Crippen molar-refractivity contribution < 1.29 is 19.4 Å². The Labute approximate surface area is 118 Å². The van der Waals surface area contributed by atoms with E-state index < -0.39 is 17.9 Å². The summed E-state index contributed by atoms with van der Waals surface area (Å²) in [5, 5.41) is 13.4. The molecule has 1 unspecified atom stereocenters. The van der Waals surface area contributed by atoms with Crippen LogP contribution >= 0.6 is 0 Å². The van der Waals surface area contributed by atoms with Crippen LogP contribution in [0.2, 0.25) is 0 Å². The van der Waals surface area contributed by atoms with Gasteiger partial charge in [0.1, 0.15) is 5.75 Å². The lowest BCUT2D eigenvalue weighted by Crippen LogP contribution is -2.50. The maximum absolute atomic E-state index is 12.0. The highest BCUT2D eigenvalue weighted by Gasteiger charge is 2.18. The van der Waals surface area contributed by atoms with E-state index in [0.717, 1.165) is 0 Å². The third kappa shape index (κ3) is 4.57. The Morgan fingerprint density at radius 3 is 2.05 bits per heavy atom. The van der Waals surface area contributed by atoms with Crippen molar-refractivity contribution >= 4 is 11.9 Å². The molecule has 0 aliphatic rings. The van der Waals surface area contributed by atoms with Crippen LogP contribution < -0.4 is 15.2 Å². The normalized spacial score (nSPS) is 12.3. The minimum atomic E-state index is -1.28. The summed E-state index contributed by atoms with van der Waals surface area (Å²) in [6.07, 6.45) is 0.0538. The Morgan fingerprint density at radius 2 is 1.65 bits per heavy atom. The predicted octanol–water partition coefficient (Wildman–Crippen LogP) is 0.978. The molecular weight excluding hydrogens is 258 g/mol. The zero-order valence-corrected chi connectivity index (χ0v) is 12.2. The largest absolute Gasteiger partial charge is 0.548 e. The topological polar surface area (TPSA) is 78.5 Å². The van der Waals surface area contributed by atoms with Crippen molar-refractivity contribution in [1.29, 1.82) is 0 Å². The van der Waals surface area contributed by atoms with Crippen LogP contribution in [0.1, 0.15) is 38.1 Å². The first kappa shape index (κ1) is 16.0. The number of nitrogens with one attached hydrogen (secondary N) is 1. The van der Waals surface area contributed by atoms with Gasteiger partial charge in [0, 0.05) is 5.56 Å². The fraction of sp³-hybridized carbons (Fsp3) is 0.467. The van der Waals surface area contributed by atoms with E-state index in [4.69, 9.17) is 4.74 Å². The number of carboxylic acid groups (broad SMARTS) is 1. The SMILES string of the molecule is CC(C)Oc1ccc(C(=O)NC(C(=O)[O-])C(C)C)cc1. The van der Waals surface area contributed by atoms with E-state index in [-0.39, 0.29) is 12.0 Å². The van der Waals surface area contributed by atoms with Gasteiger partial charge in [0.05, 0.1) is 18.1 Å². The molecule has 1 aromatic rings. The van der Waals surface area contributed by atoms with Crippen molar-refractivity contribution in [3.8, 4) is 5.75 Å². The number of rotatable bonds is 6. The summed E-state index contributed by atoms with van der Waals surface area (Å²) in [6.45, 7) is 7.24. The Balaban J connectivity index is 2.74. The number of carboxylic acids is 1. The monoisotopic (exact) mass is 278 g/mol. The molecular formula is C15H20NO4-. The Bertz CT molecular complexity index is 465. The number of benzene rings is 1. The molecule has 0 radical (unpaired) electrons. The minimum absolute atomic E-state index is 0.0538. The molecule has 1 N–H and O–H groups in total. The van der Waals surface area contributed by atoms with E-state index in [1.807, 2.05) is 13.8 Å². The highest BCUT2D eigenvalue weighted by molar-refractivity contribution is 5.96. The molecule has 0 saturated carbocycles. The molecule has 110 valence electrons. The highest BCUT2D eigenvalue weighted by atomic mass is 16.5. The summed E-state index contributed by atoms with van der Waals surface area (Å²) in [5.74, 6) is -1.30. The van der Waals surface area contributed by atoms with E-state index in [9.17, 15) is 14.7 Å². The molecule has 5 heteroatoms. The average molecular weight is 278 g/mol. The van der Waals surface area contributed by atoms with Crippen molar-refractivity contribution in [1.82, 2.24) is 5.32 Å². The average Bonchev–Trinajstić information content (AvgIpc) is 2.35. The van der Waals surface area contributed by atoms with Crippen LogP contribution in [0, 0.1) is 5.92 Å². The summed E-state index contributed by atoms with van der Waals surface area (Å²) in [4.78, 5) is 22.9. The number of ether oxygens (including phenoxy) is 1. The van der Waals surface area contributed by atoms with Gasteiger partial charge in [0.2, 0.25) is 0 Å². The maximum Gasteiger partial charge on any atom is 0.251 e. The smallest absolute Gasteiger partial charge is 0.251 e. The molecule has 0 spiro atoms. The molecule has 20 heavy (non-hydrogen) atoms. The molecule has 0 aliphatic heterocycles. The summed E-state index contributed by atoms with van der Waals surface area (Å²) in [5.41, 5.74) is 0.382. The number of hydrogen-bond donors (Lipinski definition) is 1. The van der Waals surface area contributed by atoms with Crippen molar-refractivity contribution in [3.63, 3.8) is 0 Å². The number of carbonyl (C=O) groups is 2. The first-order chi connectivity index (χ1) is 9.31. The van der Waals surface area contributed by atoms with E-state index in [1.54, 1.807) is 38.1 Å². The van der Waals surface area contributed by atoms with Crippen molar-refractivity contribution in [2.24, 2.45) is 5.92 Å². The summed E-state index contributed by atoms with van der Waals surface area (Å²) in [7, 11) is 0. The van der Waals surface area contributed by atoms with Crippen LogP contribution in [-0.2, 0) is 4.79 Å².